The summed E-state index contributed by atoms with van der Waals surface area (Å²) in [7, 11) is 0. The number of nitrogens with zero attached hydrogens (tertiary/aromatic N) is 2. The van der Waals surface area contributed by atoms with E-state index in [1.807, 2.05) is 6.92 Å². The number of amides is 1. The summed E-state index contributed by atoms with van der Waals surface area (Å²) < 4.78 is 4.64. The molecule has 1 aromatic rings. The minimum atomic E-state index is -0.657. The van der Waals surface area contributed by atoms with E-state index in [0.29, 0.717) is 18.7 Å². The first kappa shape index (κ1) is 14.6. The molecule has 1 aromatic heterocycles. The summed E-state index contributed by atoms with van der Waals surface area (Å²) in [6, 6.07) is 1.11. The van der Waals surface area contributed by atoms with Crippen LogP contribution in [0.3, 0.4) is 0 Å². The molecule has 6 heteroatoms. The van der Waals surface area contributed by atoms with E-state index in [1.54, 1.807) is 13.8 Å². The van der Waals surface area contributed by atoms with Gasteiger partial charge in [0.05, 0.1) is 6.04 Å². The zero-order valence-electron chi connectivity index (χ0n) is 12.0. The highest BCUT2D eigenvalue weighted by molar-refractivity contribution is 6.38. The van der Waals surface area contributed by atoms with Crippen molar-refractivity contribution in [1.29, 1.82) is 0 Å². The van der Waals surface area contributed by atoms with Crippen molar-refractivity contribution in [1.82, 2.24) is 10.1 Å². The lowest BCUT2D eigenvalue weighted by Crippen LogP contribution is -2.42. The van der Waals surface area contributed by atoms with Gasteiger partial charge in [0.15, 0.2) is 0 Å². The van der Waals surface area contributed by atoms with Crippen molar-refractivity contribution in [2.24, 2.45) is 5.41 Å². The fourth-order valence-electron chi connectivity index (χ4n) is 2.33. The first-order chi connectivity index (χ1) is 9.36. The highest BCUT2D eigenvalue weighted by atomic mass is 16.5. The Hall–Kier alpha value is -1.85. The fourth-order valence-corrected chi connectivity index (χ4v) is 2.33. The van der Waals surface area contributed by atoms with Crippen molar-refractivity contribution in [3.8, 4) is 5.95 Å². The molecule has 1 atom stereocenters. The predicted molar refractivity (Wildman–Crippen MR) is 70.9 cm³/mol. The van der Waals surface area contributed by atoms with Crippen LogP contribution < -0.4 is 0 Å². The Balaban J connectivity index is 2.19. The topological polar surface area (TPSA) is 83.6 Å². The van der Waals surface area contributed by atoms with Gasteiger partial charge in [-0.1, -0.05) is 25.9 Å². The second kappa shape index (κ2) is 5.26. The van der Waals surface area contributed by atoms with Crippen molar-refractivity contribution in [3.05, 3.63) is 11.8 Å². The molecule has 1 saturated heterocycles. The van der Waals surface area contributed by atoms with Gasteiger partial charge in [0, 0.05) is 18.0 Å². The third kappa shape index (κ3) is 2.55. The highest BCUT2D eigenvalue weighted by Gasteiger charge is 2.40. The van der Waals surface area contributed by atoms with Crippen LogP contribution in [0.25, 0.3) is 0 Å². The molecule has 0 saturated carbocycles. The van der Waals surface area contributed by atoms with E-state index >= 15 is 0 Å². The van der Waals surface area contributed by atoms with E-state index < -0.39 is 11.3 Å². The van der Waals surface area contributed by atoms with Crippen LogP contribution in [0.1, 0.15) is 51.8 Å². The zero-order valence-corrected chi connectivity index (χ0v) is 12.0. The molecule has 1 aliphatic heterocycles. The number of Topliss-reactive ketones (excluding diaryl/α,β-unsaturated/α-hetero) is 1. The Labute approximate surface area is 117 Å². The smallest absolute Gasteiger partial charge is 0.309 e. The number of hydrogen-bond acceptors (Lipinski definition) is 5. The number of carbonyl (C=O) groups is 2. The molecule has 6 nitrogen and oxygen atoms in total. The molecule has 0 spiro atoms. The third-order valence-corrected chi connectivity index (χ3v) is 4.06. The van der Waals surface area contributed by atoms with Crippen molar-refractivity contribution >= 4 is 11.7 Å². The number of rotatable bonds is 4. The molecule has 110 valence electrons. The van der Waals surface area contributed by atoms with Crippen LogP contribution in [-0.2, 0) is 9.59 Å². The van der Waals surface area contributed by atoms with Gasteiger partial charge in [0.25, 0.3) is 5.91 Å². The Kier molecular flexibility index (Phi) is 3.83. The molecular formula is C14H20N2O4. The maximum Gasteiger partial charge on any atom is 0.309 e. The van der Waals surface area contributed by atoms with Crippen LogP contribution in [0, 0.1) is 5.41 Å². The van der Waals surface area contributed by atoms with Crippen LogP contribution in [0.5, 0.6) is 5.95 Å². The molecule has 20 heavy (non-hydrogen) atoms. The molecule has 1 N–H and O–H groups in total. The van der Waals surface area contributed by atoms with Crippen LogP contribution in [0.2, 0.25) is 0 Å². The van der Waals surface area contributed by atoms with Crippen molar-refractivity contribution < 1.29 is 19.2 Å². The minimum absolute atomic E-state index is 0.278. The molecule has 1 amide bonds. The average molecular weight is 280 g/mol. The van der Waals surface area contributed by atoms with Crippen molar-refractivity contribution in [3.63, 3.8) is 0 Å². The highest BCUT2D eigenvalue weighted by Crippen LogP contribution is 2.34. The molecule has 0 bridgehead atoms. The van der Waals surface area contributed by atoms with Gasteiger partial charge in [-0.25, -0.2) is 0 Å². The first-order valence-electron chi connectivity index (χ1n) is 6.88. The van der Waals surface area contributed by atoms with Gasteiger partial charge < -0.3 is 14.5 Å². The number of hydrogen-bond donors (Lipinski definition) is 1. The van der Waals surface area contributed by atoms with Crippen LogP contribution in [-0.4, -0.2) is 33.4 Å². The Morgan fingerprint density at radius 3 is 2.80 bits per heavy atom. The maximum absolute atomic E-state index is 12.4. The van der Waals surface area contributed by atoms with E-state index in [-0.39, 0.29) is 17.8 Å². The van der Waals surface area contributed by atoms with Gasteiger partial charge in [-0.15, -0.1) is 0 Å². The standard InChI is InChI=1S/C14H20N2O4/c1-4-14(2,3)12(18)13(19)16-7-5-6-10(16)9-8-11(17)20-15-9/h8,10,17H,4-7H2,1-3H3. The average Bonchev–Trinajstić information content (AvgIpc) is 3.05. The van der Waals surface area contributed by atoms with Gasteiger partial charge in [-0.05, 0) is 19.3 Å². The first-order valence-corrected chi connectivity index (χ1v) is 6.88. The van der Waals surface area contributed by atoms with Crippen molar-refractivity contribution in [2.75, 3.05) is 6.54 Å². The number of likely N-dealkylation sites (tertiary alicyclic amines) is 1. The van der Waals surface area contributed by atoms with Gasteiger partial charge >= 0.3 is 5.95 Å². The molecule has 0 radical (unpaired) electrons. The molecule has 1 fully saturated rings. The molecule has 0 aliphatic carbocycles. The zero-order chi connectivity index (χ0) is 14.9. The monoisotopic (exact) mass is 280 g/mol. The fraction of sp³-hybridized carbons (Fsp3) is 0.643. The Morgan fingerprint density at radius 1 is 1.55 bits per heavy atom. The lowest BCUT2D eigenvalue weighted by molar-refractivity contribution is -0.150. The number of ketones is 1. The number of aromatic hydroxyl groups is 1. The summed E-state index contributed by atoms with van der Waals surface area (Å²) in [6.45, 7) is 5.98. The lowest BCUT2D eigenvalue weighted by Gasteiger charge is -2.27. The van der Waals surface area contributed by atoms with E-state index in [9.17, 15) is 14.7 Å². The Morgan fingerprint density at radius 2 is 2.25 bits per heavy atom. The maximum atomic E-state index is 12.4. The summed E-state index contributed by atoms with van der Waals surface area (Å²) in [5, 5.41) is 13.0. The summed E-state index contributed by atoms with van der Waals surface area (Å²) >= 11 is 0. The molecule has 0 aromatic carbocycles. The largest absolute Gasteiger partial charge is 0.479 e. The summed E-state index contributed by atoms with van der Waals surface area (Å²) in [4.78, 5) is 26.2. The number of aromatic nitrogens is 1. The van der Waals surface area contributed by atoms with Gasteiger partial charge in [0.1, 0.15) is 5.69 Å². The molecular weight excluding hydrogens is 260 g/mol. The molecule has 2 heterocycles. The normalized spacial score (nSPS) is 19.4. The lowest BCUT2D eigenvalue weighted by atomic mass is 9.84. The van der Waals surface area contributed by atoms with Gasteiger partial charge in [-0.2, -0.15) is 0 Å². The van der Waals surface area contributed by atoms with Crippen LogP contribution >= 0.6 is 0 Å². The van der Waals surface area contributed by atoms with E-state index in [4.69, 9.17) is 0 Å². The molecule has 1 aliphatic rings. The van der Waals surface area contributed by atoms with E-state index in [1.165, 1.54) is 11.0 Å². The van der Waals surface area contributed by atoms with Crippen molar-refractivity contribution in [2.45, 2.75) is 46.1 Å². The summed E-state index contributed by atoms with van der Waals surface area (Å²) in [5.41, 5.74) is -0.161. The minimum Gasteiger partial charge on any atom is -0.479 e. The second-order valence-electron chi connectivity index (χ2n) is 5.81. The second-order valence-corrected chi connectivity index (χ2v) is 5.81. The summed E-state index contributed by atoms with van der Waals surface area (Å²) in [6.07, 6.45) is 2.14. The molecule has 1 unspecified atom stereocenters. The van der Waals surface area contributed by atoms with Crippen LogP contribution in [0.15, 0.2) is 10.6 Å². The van der Waals surface area contributed by atoms with Gasteiger partial charge in [0.2, 0.25) is 5.78 Å². The Bertz CT molecular complexity index is 521. The van der Waals surface area contributed by atoms with E-state index in [0.717, 1.165) is 12.8 Å². The quantitative estimate of drug-likeness (QED) is 0.853. The van der Waals surface area contributed by atoms with Crippen LogP contribution in [0.4, 0.5) is 0 Å². The van der Waals surface area contributed by atoms with Gasteiger partial charge in [-0.3, -0.25) is 9.59 Å². The predicted octanol–water partition coefficient (Wildman–Crippen LogP) is 2.05. The van der Waals surface area contributed by atoms with E-state index in [2.05, 4.69) is 9.68 Å². The number of carbonyl (C=O) groups excluding carboxylic acids is 2. The summed E-state index contributed by atoms with van der Waals surface area (Å²) in [5.74, 6) is -1.12. The SMILES string of the molecule is CCC(C)(C)C(=O)C(=O)N1CCCC1c1cc(O)on1. The third-order valence-electron chi connectivity index (χ3n) is 4.06. The molecule has 2 rings (SSSR count).